The van der Waals surface area contributed by atoms with Gasteiger partial charge in [-0.05, 0) is 43.2 Å². The summed E-state index contributed by atoms with van der Waals surface area (Å²) >= 11 is 0. The fraction of sp³-hybridized carbons (Fsp3) is 0.227. The van der Waals surface area contributed by atoms with Crippen LogP contribution in [0.15, 0.2) is 59.5 Å². The summed E-state index contributed by atoms with van der Waals surface area (Å²) in [7, 11) is 3.10. The molecule has 1 fully saturated rings. The highest BCUT2D eigenvalue weighted by atomic mass is 16.5. The monoisotopic (exact) mass is 406 g/mol. The predicted molar refractivity (Wildman–Crippen MR) is 113 cm³/mol. The first-order valence-corrected chi connectivity index (χ1v) is 9.60. The van der Waals surface area contributed by atoms with Gasteiger partial charge >= 0.3 is 0 Å². The Morgan fingerprint density at radius 1 is 1.10 bits per heavy atom. The molecule has 1 amide bonds. The Morgan fingerprint density at radius 2 is 1.87 bits per heavy atom. The van der Waals surface area contributed by atoms with Crippen molar-refractivity contribution < 1.29 is 14.3 Å². The van der Waals surface area contributed by atoms with E-state index in [0.717, 1.165) is 12.8 Å². The molecule has 1 aliphatic rings. The van der Waals surface area contributed by atoms with Crippen molar-refractivity contribution in [2.24, 2.45) is 7.05 Å². The number of benzene rings is 2. The molecule has 0 radical (unpaired) electrons. The van der Waals surface area contributed by atoms with Crippen molar-refractivity contribution in [3.8, 4) is 17.2 Å². The van der Waals surface area contributed by atoms with Gasteiger partial charge in [-0.2, -0.15) is 5.10 Å². The van der Waals surface area contributed by atoms with E-state index < -0.39 is 0 Å². The van der Waals surface area contributed by atoms with Gasteiger partial charge in [0.15, 0.2) is 22.9 Å². The number of ether oxygens (including phenoxy) is 2. The third-order valence-corrected chi connectivity index (χ3v) is 4.70. The lowest BCUT2D eigenvalue weighted by atomic mass is 10.2. The Kier molecular flexibility index (Phi) is 5.38. The fourth-order valence-electron chi connectivity index (χ4n) is 2.92. The van der Waals surface area contributed by atoms with E-state index >= 15 is 0 Å². The molecule has 8 nitrogen and oxygen atoms in total. The van der Waals surface area contributed by atoms with Crippen molar-refractivity contribution in [3.63, 3.8) is 0 Å². The van der Waals surface area contributed by atoms with Crippen molar-refractivity contribution in [2.75, 3.05) is 12.4 Å². The molecule has 3 aromatic rings. The SMILES string of the molecule is COc1ccccc1Oc1cnn(C)c(=O)c1Nc1cccc(C(=O)NC2CC2)c1. The van der Waals surface area contributed by atoms with E-state index in [1.165, 1.54) is 10.9 Å². The van der Waals surface area contributed by atoms with Gasteiger partial charge in [0.05, 0.1) is 13.3 Å². The van der Waals surface area contributed by atoms with E-state index in [9.17, 15) is 9.59 Å². The molecule has 0 aliphatic heterocycles. The van der Waals surface area contributed by atoms with Gasteiger partial charge in [0.25, 0.3) is 11.5 Å². The van der Waals surface area contributed by atoms with Gasteiger partial charge in [-0.1, -0.05) is 18.2 Å². The normalized spacial score (nSPS) is 12.9. The van der Waals surface area contributed by atoms with Crippen LogP contribution in [0.2, 0.25) is 0 Å². The number of aryl methyl sites for hydroxylation is 1. The summed E-state index contributed by atoms with van der Waals surface area (Å²) in [5, 5.41) is 10.1. The zero-order chi connectivity index (χ0) is 21.1. The number of amides is 1. The lowest BCUT2D eigenvalue weighted by molar-refractivity contribution is 0.0951. The van der Waals surface area contributed by atoms with Gasteiger partial charge in [0.1, 0.15) is 0 Å². The second-order valence-corrected chi connectivity index (χ2v) is 7.02. The van der Waals surface area contributed by atoms with E-state index in [-0.39, 0.29) is 28.9 Å². The largest absolute Gasteiger partial charge is 0.493 e. The molecule has 2 N–H and O–H groups in total. The topological polar surface area (TPSA) is 94.5 Å². The van der Waals surface area contributed by atoms with Crippen LogP contribution in [0.5, 0.6) is 17.2 Å². The number of hydrogen-bond acceptors (Lipinski definition) is 6. The number of hydrogen-bond donors (Lipinski definition) is 2. The number of rotatable bonds is 7. The summed E-state index contributed by atoms with van der Waals surface area (Å²) in [6, 6.07) is 14.4. The van der Waals surface area contributed by atoms with Crippen LogP contribution in [-0.4, -0.2) is 28.8 Å². The van der Waals surface area contributed by atoms with Gasteiger partial charge in [-0.15, -0.1) is 0 Å². The van der Waals surface area contributed by atoms with Crippen LogP contribution in [0.1, 0.15) is 23.2 Å². The van der Waals surface area contributed by atoms with Crippen molar-refractivity contribution in [1.82, 2.24) is 15.1 Å². The smallest absolute Gasteiger partial charge is 0.294 e. The average Bonchev–Trinajstić information content (AvgIpc) is 3.58. The summed E-state index contributed by atoms with van der Waals surface area (Å²) in [5.74, 6) is 1.10. The van der Waals surface area contributed by atoms with Crippen LogP contribution >= 0.6 is 0 Å². The quantitative estimate of drug-likeness (QED) is 0.626. The Balaban J connectivity index is 1.64. The molecular weight excluding hydrogens is 384 g/mol. The van der Waals surface area contributed by atoms with Crippen molar-refractivity contribution in [2.45, 2.75) is 18.9 Å². The molecule has 0 atom stereocenters. The zero-order valence-electron chi connectivity index (χ0n) is 16.7. The first kappa shape index (κ1) is 19.5. The Bertz CT molecular complexity index is 1140. The van der Waals surface area contributed by atoms with Crippen molar-refractivity contribution >= 4 is 17.3 Å². The van der Waals surface area contributed by atoms with Crippen LogP contribution < -0.4 is 25.7 Å². The molecule has 0 unspecified atom stereocenters. The van der Waals surface area contributed by atoms with Crippen LogP contribution in [0.4, 0.5) is 11.4 Å². The molecule has 1 aliphatic carbocycles. The number of nitrogens with one attached hydrogen (secondary N) is 2. The summed E-state index contributed by atoms with van der Waals surface area (Å²) in [5.41, 5.74) is 0.949. The minimum absolute atomic E-state index is 0.130. The summed E-state index contributed by atoms with van der Waals surface area (Å²) in [4.78, 5) is 25.1. The lowest BCUT2D eigenvalue weighted by Gasteiger charge is -2.15. The van der Waals surface area contributed by atoms with Crippen molar-refractivity contribution in [1.29, 1.82) is 0 Å². The molecule has 1 aromatic heterocycles. The molecule has 2 aromatic carbocycles. The molecular formula is C22H22N4O4. The number of nitrogens with zero attached hydrogens (tertiary/aromatic N) is 2. The highest BCUT2D eigenvalue weighted by molar-refractivity contribution is 5.95. The Hall–Kier alpha value is -3.81. The lowest BCUT2D eigenvalue weighted by Crippen LogP contribution is -2.25. The molecule has 1 heterocycles. The average molecular weight is 406 g/mol. The van der Waals surface area contributed by atoms with Crippen LogP contribution in [0, 0.1) is 0 Å². The van der Waals surface area contributed by atoms with Gasteiger partial charge in [0, 0.05) is 24.3 Å². The van der Waals surface area contributed by atoms with Gasteiger partial charge < -0.3 is 20.1 Å². The van der Waals surface area contributed by atoms with Gasteiger partial charge in [0.2, 0.25) is 0 Å². The summed E-state index contributed by atoms with van der Waals surface area (Å²) in [6.45, 7) is 0. The molecule has 154 valence electrons. The summed E-state index contributed by atoms with van der Waals surface area (Å²) in [6.07, 6.45) is 3.49. The summed E-state index contributed by atoms with van der Waals surface area (Å²) < 4.78 is 12.5. The van der Waals surface area contributed by atoms with Crippen molar-refractivity contribution in [3.05, 3.63) is 70.6 Å². The van der Waals surface area contributed by atoms with Gasteiger partial charge in [-0.25, -0.2) is 4.68 Å². The number of carbonyl (C=O) groups excluding carboxylic acids is 1. The standard InChI is InChI=1S/C22H22N4O4/c1-26-22(28)20(19(13-23-26)30-18-9-4-3-8-17(18)29-2)24-16-7-5-6-14(12-16)21(27)25-15-10-11-15/h3-9,12-13,15,24H,10-11H2,1-2H3,(H,25,27). The number of carbonyl (C=O) groups is 1. The third-order valence-electron chi connectivity index (χ3n) is 4.70. The molecule has 0 saturated heterocycles. The Labute approximate surface area is 173 Å². The number of para-hydroxylation sites is 2. The minimum Gasteiger partial charge on any atom is -0.493 e. The highest BCUT2D eigenvalue weighted by Gasteiger charge is 2.24. The van der Waals surface area contributed by atoms with E-state index in [0.29, 0.717) is 22.7 Å². The predicted octanol–water partition coefficient (Wildman–Crippen LogP) is 3.22. The van der Waals surface area contributed by atoms with Crippen LogP contribution in [0.3, 0.4) is 0 Å². The first-order valence-electron chi connectivity index (χ1n) is 9.60. The van der Waals surface area contributed by atoms with E-state index in [1.54, 1.807) is 56.6 Å². The van der Waals surface area contributed by atoms with E-state index in [2.05, 4.69) is 15.7 Å². The maximum Gasteiger partial charge on any atom is 0.294 e. The number of anilines is 2. The zero-order valence-corrected chi connectivity index (χ0v) is 16.7. The second-order valence-electron chi connectivity index (χ2n) is 7.02. The maximum absolute atomic E-state index is 12.8. The number of aromatic nitrogens is 2. The third kappa shape index (κ3) is 4.27. The number of methoxy groups -OCH3 is 1. The van der Waals surface area contributed by atoms with E-state index in [1.807, 2.05) is 6.07 Å². The van der Waals surface area contributed by atoms with Gasteiger partial charge in [-0.3, -0.25) is 9.59 Å². The van der Waals surface area contributed by atoms with E-state index in [4.69, 9.17) is 9.47 Å². The second kappa shape index (κ2) is 8.28. The fourth-order valence-corrected chi connectivity index (χ4v) is 2.92. The Morgan fingerprint density at radius 3 is 2.60 bits per heavy atom. The molecule has 4 rings (SSSR count). The highest BCUT2D eigenvalue weighted by Crippen LogP contribution is 2.34. The molecule has 8 heteroatoms. The maximum atomic E-state index is 12.8. The molecule has 1 saturated carbocycles. The first-order chi connectivity index (χ1) is 14.5. The molecule has 0 bridgehead atoms. The molecule has 30 heavy (non-hydrogen) atoms. The van der Waals surface area contributed by atoms with Crippen LogP contribution in [0.25, 0.3) is 0 Å². The minimum atomic E-state index is -0.366. The van der Waals surface area contributed by atoms with Crippen LogP contribution in [-0.2, 0) is 7.05 Å². The molecule has 0 spiro atoms.